The molecule has 4 rings (SSSR count). The number of likely N-dealkylation sites (tertiary alicyclic amines) is 2. The normalized spacial score (nSPS) is 19.6. The van der Waals surface area contributed by atoms with E-state index in [2.05, 4.69) is 70.5 Å². The zero-order valence-electron chi connectivity index (χ0n) is 19.4. The molecule has 0 aromatic heterocycles. The monoisotopic (exact) mass is 418 g/mol. The number of piperidine rings is 2. The summed E-state index contributed by atoms with van der Waals surface area (Å²) < 4.78 is 0. The number of hydrogen-bond acceptors (Lipinski definition) is 2. The lowest BCUT2D eigenvalue weighted by Gasteiger charge is -2.32. The van der Waals surface area contributed by atoms with Crippen LogP contribution in [0.1, 0.15) is 68.9 Å². The van der Waals surface area contributed by atoms with Crippen LogP contribution in [0.2, 0.25) is 0 Å². The Balaban J connectivity index is 1.01. The number of unbranched alkanes of at least 4 members (excludes halogenated alkanes) is 2. The number of hydrogen-bond donors (Lipinski definition) is 0. The summed E-state index contributed by atoms with van der Waals surface area (Å²) in [5.41, 5.74) is 2.93. The maximum absolute atomic E-state index is 2.65. The minimum absolute atomic E-state index is 0.980. The van der Waals surface area contributed by atoms with Crippen LogP contribution in [0.5, 0.6) is 0 Å². The topological polar surface area (TPSA) is 6.48 Å². The second kappa shape index (κ2) is 12.4. The molecule has 2 heterocycles. The van der Waals surface area contributed by atoms with E-state index in [0.717, 1.165) is 24.9 Å². The first kappa shape index (κ1) is 22.6. The van der Waals surface area contributed by atoms with E-state index in [1.807, 2.05) is 0 Å². The highest BCUT2D eigenvalue weighted by Gasteiger charge is 2.20. The van der Waals surface area contributed by atoms with Gasteiger partial charge < -0.3 is 0 Å². The van der Waals surface area contributed by atoms with E-state index in [0.29, 0.717) is 0 Å². The molecule has 0 amide bonds. The number of rotatable bonds is 10. The van der Waals surface area contributed by atoms with E-state index in [9.17, 15) is 0 Å². The smallest absolute Gasteiger partial charge is 0.0233 e. The zero-order valence-corrected chi connectivity index (χ0v) is 19.4. The fraction of sp³-hybridized carbons (Fsp3) is 0.586. The molecule has 0 saturated carbocycles. The Kier molecular flexibility index (Phi) is 9.03. The van der Waals surface area contributed by atoms with E-state index < -0.39 is 0 Å². The summed E-state index contributed by atoms with van der Waals surface area (Å²) in [5.74, 6) is 1.96. The van der Waals surface area contributed by atoms with Crippen LogP contribution in [0.4, 0.5) is 0 Å². The summed E-state index contributed by atoms with van der Waals surface area (Å²) in [4.78, 5) is 5.30. The quantitative estimate of drug-likeness (QED) is 0.393. The average molecular weight is 419 g/mol. The van der Waals surface area contributed by atoms with Crippen LogP contribution >= 0.6 is 0 Å². The molecule has 0 radical (unpaired) electrons. The Morgan fingerprint density at radius 2 is 0.903 bits per heavy atom. The molecule has 2 fully saturated rings. The third kappa shape index (κ3) is 7.77. The number of nitrogens with zero attached hydrogens (tertiary/aromatic N) is 2. The Morgan fingerprint density at radius 3 is 1.29 bits per heavy atom. The highest BCUT2D eigenvalue weighted by atomic mass is 15.1. The Hall–Kier alpha value is -1.64. The molecule has 2 heteroatoms. The van der Waals surface area contributed by atoms with E-state index >= 15 is 0 Å². The van der Waals surface area contributed by atoms with Crippen LogP contribution < -0.4 is 0 Å². The molecule has 0 bridgehead atoms. The molecule has 0 spiro atoms. The molecule has 0 atom stereocenters. The van der Waals surface area contributed by atoms with Crippen LogP contribution in [0.15, 0.2) is 60.7 Å². The average Bonchev–Trinajstić information content (AvgIpc) is 2.82. The molecule has 2 nitrogen and oxygen atoms in total. The minimum Gasteiger partial charge on any atom is -0.299 e. The van der Waals surface area contributed by atoms with Gasteiger partial charge in [-0.3, -0.25) is 9.80 Å². The van der Waals surface area contributed by atoms with Crippen molar-refractivity contribution in [2.24, 2.45) is 11.8 Å². The third-order valence-corrected chi connectivity index (χ3v) is 7.64. The fourth-order valence-electron chi connectivity index (χ4n) is 5.59. The van der Waals surface area contributed by atoms with Gasteiger partial charge in [-0.05, 0) is 74.8 Å². The molecule has 2 aromatic carbocycles. The molecular weight excluding hydrogens is 376 g/mol. The van der Waals surface area contributed by atoms with Gasteiger partial charge in [0.2, 0.25) is 0 Å². The van der Waals surface area contributed by atoms with Gasteiger partial charge in [0.25, 0.3) is 0 Å². The number of benzene rings is 2. The maximum atomic E-state index is 2.65. The van der Waals surface area contributed by atoms with E-state index in [4.69, 9.17) is 0 Å². The van der Waals surface area contributed by atoms with Crippen LogP contribution in [0.3, 0.4) is 0 Å². The predicted octanol–water partition coefficient (Wildman–Crippen LogP) is 6.76. The fourth-order valence-corrected chi connectivity index (χ4v) is 5.59. The van der Waals surface area contributed by atoms with Gasteiger partial charge in [0.05, 0.1) is 0 Å². The molecule has 0 unspecified atom stereocenters. The molecule has 2 aliphatic heterocycles. The summed E-state index contributed by atoms with van der Waals surface area (Å²) in [6.45, 7) is 7.44. The summed E-state index contributed by atoms with van der Waals surface area (Å²) in [5, 5.41) is 0. The van der Waals surface area contributed by atoms with Crippen molar-refractivity contribution in [3.63, 3.8) is 0 Å². The van der Waals surface area contributed by atoms with Gasteiger partial charge in [-0.15, -0.1) is 0 Å². The first-order valence-electron chi connectivity index (χ1n) is 12.9. The first-order chi connectivity index (χ1) is 15.3. The van der Waals surface area contributed by atoms with Crippen molar-refractivity contribution in [2.75, 3.05) is 26.2 Å². The molecule has 2 aliphatic rings. The van der Waals surface area contributed by atoms with Gasteiger partial charge in [0.15, 0.2) is 0 Å². The third-order valence-electron chi connectivity index (χ3n) is 7.64. The SMILES string of the molecule is c1ccc(CN2CCC(CCCCCC3CCN(Cc4ccccc4)CC3)CC2)cc1. The van der Waals surface area contributed by atoms with Crippen molar-refractivity contribution in [1.29, 1.82) is 0 Å². The van der Waals surface area contributed by atoms with E-state index in [1.165, 1.54) is 95.1 Å². The van der Waals surface area contributed by atoms with Gasteiger partial charge in [-0.25, -0.2) is 0 Å². The predicted molar refractivity (Wildman–Crippen MR) is 132 cm³/mol. The van der Waals surface area contributed by atoms with Gasteiger partial charge in [-0.1, -0.05) is 92.8 Å². The largest absolute Gasteiger partial charge is 0.299 e. The molecule has 168 valence electrons. The Morgan fingerprint density at radius 1 is 0.516 bits per heavy atom. The first-order valence-corrected chi connectivity index (χ1v) is 12.9. The van der Waals surface area contributed by atoms with Crippen molar-refractivity contribution >= 4 is 0 Å². The second-order valence-corrected chi connectivity index (χ2v) is 10.0. The van der Waals surface area contributed by atoms with Crippen molar-refractivity contribution < 1.29 is 0 Å². The Labute approximate surface area is 190 Å². The summed E-state index contributed by atoms with van der Waals surface area (Å²) in [6.07, 6.45) is 12.9. The molecule has 2 saturated heterocycles. The van der Waals surface area contributed by atoms with Crippen LogP contribution in [0, 0.1) is 11.8 Å². The van der Waals surface area contributed by atoms with Crippen molar-refractivity contribution in [2.45, 2.75) is 70.9 Å². The maximum Gasteiger partial charge on any atom is 0.0233 e. The lowest BCUT2D eigenvalue weighted by atomic mass is 9.88. The Bertz CT molecular complexity index is 649. The van der Waals surface area contributed by atoms with Crippen molar-refractivity contribution in [3.8, 4) is 0 Å². The van der Waals surface area contributed by atoms with E-state index in [1.54, 1.807) is 0 Å². The molecule has 0 N–H and O–H groups in total. The van der Waals surface area contributed by atoms with Gasteiger partial charge >= 0.3 is 0 Å². The van der Waals surface area contributed by atoms with Gasteiger partial charge in [-0.2, -0.15) is 0 Å². The van der Waals surface area contributed by atoms with Crippen LogP contribution in [-0.4, -0.2) is 36.0 Å². The van der Waals surface area contributed by atoms with Crippen molar-refractivity contribution in [3.05, 3.63) is 71.8 Å². The van der Waals surface area contributed by atoms with Crippen molar-refractivity contribution in [1.82, 2.24) is 9.80 Å². The summed E-state index contributed by atoms with van der Waals surface area (Å²) in [7, 11) is 0. The minimum atomic E-state index is 0.980. The zero-order chi connectivity index (χ0) is 21.1. The second-order valence-electron chi connectivity index (χ2n) is 10.0. The molecular formula is C29H42N2. The van der Waals surface area contributed by atoms with Gasteiger partial charge in [0.1, 0.15) is 0 Å². The molecule has 31 heavy (non-hydrogen) atoms. The van der Waals surface area contributed by atoms with Crippen LogP contribution in [-0.2, 0) is 13.1 Å². The summed E-state index contributed by atoms with van der Waals surface area (Å²) >= 11 is 0. The lowest BCUT2D eigenvalue weighted by molar-refractivity contribution is 0.166. The highest BCUT2D eigenvalue weighted by molar-refractivity contribution is 5.15. The summed E-state index contributed by atoms with van der Waals surface area (Å²) in [6, 6.07) is 21.9. The standard InChI is InChI=1S/C29H42N2/c1(4-10-26-16-20-30(21-17-26)24-28-12-6-2-7-13-28)5-11-27-18-22-31(23-19-27)25-29-14-8-3-9-15-29/h2-3,6-9,12-15,26-27H,1,4-5,10-11,16-25H2. The van der Waals surface area contributed by atoms with E-state index in [-0.39, 0.29) is 0 Å². The lowest BCUT2D eigenvalue weighted by Crippen LogP contribution is -2.33. The molecule has 2 aromatic rings. The highest BCUT2D eigenvalue weighted by Crippen LogP contribution is 2.27. The van der Waals surface area contributed by atoms with Gasteiger partial charge in [0, 0.05) is 13.1 Å². The molecule has 0 aliphatic carbocycles. The van der Waals surface area contributed by atoms with Crippen LogP contribution in [0.25, 0.3) is 0 Å².